The number of nitrogens with one attached hydrogen (secondary N) is 1. The zero-order chi connectivity index (χ0) is 13.9. The highest BCUT2D eigenvalue weighted by Crippen LogP contribution is 2.24. The summed E-state index contributed by atoms with van der Waals surface area (Å²) < 4.78 is 24.1. The molecule has 104 valence electrons. The number of halogens is 1. The fraction of sp³-hybridized carbons (Fsp3) is 0.462. The average molecular weight is 284 g/mol. The number of hydrogen-bond donors (Lipinski definition) is 2. The van der Waals surface area contributed by atoms with Gasteiger partial charge in [0.15, 0.2) is 0 Å². The zero-order valence-electron chi connectivity index (χ0n) is 10.7. The number of rotatable bonds is 5. The van der Waals surface area contributed by atoms with E-state index in [0.717, 1.165) is 6.42 Å². The number of methoxy groups -OCH3 is 1. The van der Waals surface area contributed by atoms with Crippen molar-refractivity contribution in [1.82, 2.24) is 0 Å². The molecule has 0 bridgehead atoms. The molecule has 1 aromatic carbocycles. The second kappa shape index (κ2) is 5.81. The van der Waals surface area contributed by atoms with Crippen molar-refractivity contribution in [2.45, 2.75) is 12.0 Å². The Morgan fingerprint density at radius 2 is 2.42 bits per heavy atom. The van der Waals surface area contributed by atoms with Crippen molar-refractivity contribution >= 4 is 22.9 Å². The van der Waals surface area contributed by atoms with Gasteiger partial charge in [0.2, 0.25) is 0 Å². The van der Waals surface area contributed by atoms with Crippen LogP contribution in [0.3, 0.4) is 0 Å². The summed E-state index contributed by atoms with van der Waals surface area (Å²) >= 11 is 4.93. The van der Waals surface area contributed by atoms with E-state index >= 15 is 0 Å². The van der Waals surface area contributed by atoms with E-state index in [1.165, 1.54) is 12.1 Å². The fourth-order valence-corrected chi connectivity index (χ4v) is 2.26. The van der Waals surface area contributed by atoms with Crippen molar-refractivity contribution in [2.75, 3.05) is 32.2 Å². The molecule has 6 heteroatoms. The largest absolute Gasteiger partial charge is 0.389 e. The molecule has 0 aromatic heterocycles. The molecule has 19 heavy (non-hydrogen) atoms. The molecule has 1 saturated heterocycles. The number of hydrogen-bond acceptors (Lipinski definition) is 4. The van der Waals surface area contributed by atoms with Crippen LogP contribution in [0, 0.1) is 5.82 Å². The summed E-state index contributed by atoms with van der Waals surface area (Å²) in [4.78, 5) is 0.163. The molecule has 1 heterocycles. The Morgan fingerprint density at radius 3 is 3.00 bits per heavy atom. The van der Waals surface area contributed by atoms with Crippen LogP contribution in [0.5, 0.6) is 0 Å². The van der Waals surface area contributed by atoms with Gasteiger partial charge >= 0.3 is 0 Å². The second-order valence-corrected chi connectivity index (χ2v) is 5.04. The van der Waals surface area contributed by atoms with E-state index in [9.17, 15) is 4.39 Å². The Labute approximate surface area is 117 Å². The molecule has 1 aliphatic rings. The van der Waals surface area contributed by atoms with Crippen molar-refractivity contribution < 1.29 is 13.9 Å². The Morgan fingerprint density at radius 1 is 1.63 bits per heavy atom. The topological polar surface area (TPSA) is 56.5 Å². The zero-order valence-corrected chi connectivity index (χ0v) is 11.6. The lowest BCUT2D eigenvalue weighted by Gasteiger charge is -2.27. The minimum atomic E-state index is -0.362. The predicted octanol–water partition coefficient (Wildman–Crippen LogP) is 1.68. The fourth-order valence-electron chi connectivity index (χ4n) is 2.09. The smallest absolute Gasteiger partial charge is 0.124 e. The molecule has 0 saturated carbocycles. The third kappa shape index (κ3) is 3.20. The number of thiocarbonyl (C=S) groups is 1. The summed E-state index contributed by atoms with van der Waals surface area (Å²) in [5.41, 5.74) is 6.46. The van der Waals surface area contributed by atoms with Crippen LogP contribution in [0.25, 0.3) is 0 Å². The number of ether oxygens (including phenoxy) is 2. The highest BCUT2D eigenvalue weighted by atomic mass is 32.1. The Kier molecular flexibility index (Phi) is 4.34. The first-order valence-corrected chi connectivity index (χ1v) is 6.43. The average Bonchev–Trinajstić information content (AvgIpc) is 2.86. The molecule has 0 spiro atoms. The van der Waals surface area contributed by atoms with E-state index in [4.69, 9.17) is 27.4 Å². The van der Waals surface area contributed by atoms with Gasteiger partial charge in [-0.05, 0) is 18.2 Å². The molecular weight excluding hydrogens is 267 g/mol. The first-order chi connectivity index (χ1) is 9.06. The molecule has 1 atom stereocenters. The molecule has 1 fully saturated rings. The highest BCUT2D eigenvalue weighted by molar-refractivity contribution is 7.80. The monoisotopic (exact) mass is 284 g/mol. The van der Waals surface area contributed by atoms with E-state index in [1.807, 2.05) is 0 Å². The van der Waals surface area contributed by atoms with Gasteiger partial charge in [-0.2, -0.15) is 0 Å². The van der Waals surface area contributed by atoms with E-state index in [-0.39, 0.29) is 16.4 Å². The normalized spacial score (nSPS) is 22.4. The Hall–Kier alpha value is -1.24. The van der Waals surface area contributed by atoms with Gasteiger partial charge in [-0.1, -0.05) is 12.2 Å². The molecule has 4 nitrogen and oxygen atoms in total. The van der Waals surface area contributed by atoms with Gasteiger partial charge in [0, 0.05) is 37.9 Å². The standard InChI is InChI=1S/C13H17FN2O2S/c1-17-13(4-5-18-8-13)7-16-11-3-2-9(14)6-10(11)12(15)19/h2-3,6,16H,4-5,7-8H2,1H3,(H2,15,19). The lowest BCUT2D eigenvalue weighted by atomic mass is 10.0. The van der Waals surface area contributed by atoms with E-state index in [2.05, 4.69) is 5.32 Å². The van der Waals surface area contributed by atoms with Crippen LogP contribution in [0.2, 0.25) is 0 Å². The molecule has 1 aromatic rings. The lowest BCUT2D eigenvalue weighted by Crippen LogP contribution is -2.39. The van der Waals surface area contributed by atoms with Crippen LogP contribution in [0.1, 0.15) is 12.0 Å². The first-order valence-electron chi connectivity index (χ1n) is 6.02. The van der Waals surface area contributed by atoms with Crippen LogP contribution < -0.4 is 11.1 Å². The van der Waals surface area contributed by atoms with Crippen molar-refractivity contribution in [3.8, 4) is 0 Å². The quantitative estimate of drug-likeness (QED) is 0.806. The molecule has 0 amide bonds. The molecular formula is C13H17FN2O2S. The number of anilines is 1. The van der Waals surface area contributed by atoms with E-state index in [0.29, 0.717) is 31.0 Å². The van der Waals surface area contributed by atoms with Gasteiger partial charge in [0.1, 0.15) is 16.4 Å². The highest BCUT2D eigenvalue weighted by Gasteiger charge is 2.34. The molecule has 3 N–H and O–H groups in total. The van der Waals surface area contributed by atoms with Crippen LogP contribution in [0.4, 0.5) is 10.1 Å². The van der Waals surface area contributed by atoms with Crippen molar-refractivity contribution in [2.24, 2.45) is 5.73 Å². The van der Waals surface area contributed by atoms with Crippen LogP contribution >= 0.6 is 12.2 Å². The SMILES string of the molecule is COC1(CNc2ccc(F)cc2C(N)=S)CCOC1. The predicted molar refractivity (Wildman–Crippen MR) is 76.0 cm³/mol. The minimum Gasteiger partial charge on any atom is -0.389 e. The third-order valence-electron chi connectivity index (χ3n) is 3.35. The van der Waals surface area contributed by atoms with Crippen LogP contribution in [0.15, 0.2) is 18.2 Å². The van der Waals surface area contributed by atoms with Crippen molar-refractivity contribution in [1.29, 1.82) is 0 Å². The van der Waals surface area contributed by atoms with Crippen molar-refractivity contribution in [3.05, 3.63) is 29.6 Å². The van der Waals surface area contributed by atoms with Crippen LogP contribution in [-0.2, 0) is 9.47 Å². The summed E-state index contributed by atoms with van der Waals surface area (Å²) in [6.07, 6.45) is 0.820. The van der Waals surface area contributed by atoms with E-state index in [1.54, 1.807) is 13.2 Å². The molecule has 1 unspecified atom stereocenters. The van der Waals surface area contributed by atoms with Gasteiger partial charge in [0.25, 0.3) is 0 Å². The second-order valence-electron chi connectivity index (χ2n) is 4.60. The summed E-state index contributed by atoms with van der Waals surface area (Å²) in [5.74, 6) is -0.362. The van der Waals surface area contributed by atoms with Gasteiger partial charge in [-0.25, -0.2) is 4.39 Å². The van der Waals surface area contributed by atoms with Crippen molar-refractivity contribution in [3.63, 3.8) is 0 Å². The number of nitrogens with two attached hydrogens (primary N) is 1. The first kappa shape index (κ1) is 14.2. The van der Waals surface area contributed by atoms with Gasteiger partial charge in [0.05, 0.1) is 6.61 Å². The minimum absolute atomic E-state index is 0.163. The molecule has 1 aliphatic heterocycles. The van der Waals surface area contributed by atoms with E-state index < -0.39 is 0 Å². The molecule has 0 aliphatic carbocycles. The third-order valence-corrected chi connectivity index (χ3v) is 3.57. The summed E-state index contributed by atoms with van der Waals surface area (Å²) in [6, 6.07) is 4.33. The van der Waals surface area contributed by atoms with Gasteiger partial charge in [-0.3, -0.25) is 0 Å². The molecule has 0 radical (unpaired) electrons. The summed E-state index contributed by atoms with van der Waals surface area (Å²) in [7, 11) is 1.66. The van der Waals surface area contributed by atoms with Gasteiger partial charge in [-0.15, -0.1) is 0 Å². The molecule has 2 rings (SSSR count). The maximum atomic E-state index is 13.2. The lowest BCUT2D eigenvalue weighted by molar-refractivity contribution is -0.00620. The maximum Gasteiger partial charge on any atom is 0.124 e. The van der Waals surface area contributed by atoms with Crippen LogP contribution in [-0.4, -0.2) is 37.5 Å². The summed E-state index contributed by atoms with van der Waals surface area (Å²) in [6.45, 7) is 1.78. The number of benzene rings is 1. The summed E-state index contributed by atoms with van der Waals surface area (Å²) in [5, 5.41) is 3.22. The van der Waals surface area contributed by atoms with Gasteiger partial charge < -0.3 is 20.5 Å². The maximum absolute atomic E-state index is 13.2. The Balaban J connectivity index is 2.13. The Bertz CT molecular complexity index is 476.